The quantitative estimate of drug-likeness (QED) is 0.491. The maximum absolute atomic E-state index is 12.6. The van der Waals surface area contributed by atoms with Crippen LogP contribution in [0.1, 0.15) is 56.6 Å². The van der Waals surface area contributed by atoms with E-state index < -0.39 is 5.91 Å². The molecule has 0 aliphatic rings. The molecular weight excluding hydrogens is 402 g/mol. The summed E-state index contributed by atoms with van der Waals surface area (Å²) in [6, 6.07) is 3.14. The maximum Gasteiger partial charge on any atom is 0.324 e. The van der Waals surface area contributed by atoms with Gasteiger partial charge in [-0.2, -0.15) is 4.98 Å². The van der Waals surface area contributed by atoms with Crippen LogP contribution in [0.5, 0.6) is 11.5 Å². The highest BCUT2D eigenvalue weighted by molar-refractivity contribution is 6.01. The summed E-state index contributed by atoms with van der Waals surface area (Å²) in [6.07, 6.45) is 0. The van der Waals surface area contributed by atoms with Crippen LogP contribution in [0.4, 0.5) is 6.01 Å². The molecule has 3 N–H and O–H groups in total. The van der Waals surface area contributed by atoms with E-state index in [-0.39, 0.29) is 45.8 Å². The molecule has 0 spiro atoms. The molecule has 0 aliphatic carbocycles. The number of nitrogens with zero attached hydrogens (tertiary/aromatic N) is 4. The van der Waals surface area contributed by atoms with Gasteiger partial charge in [0, 0.05) is 25.7 Å². The van der Waals surface area contributed by atoms with Crippen LogP contribution < -0.4 is 10.2 Å². The lowest BCUT2D eigenvalue weighted by molar-refractivity contribution is 0.0947. The third-order valence-corrected chi connectivity index (χ3v) is 4.93. The smallest absolute Gasteiger partial charge is 0.324 e. The predicted molar refractivity (Wildman–Crippen MR) is 114 cm³/mol. The second-order valence-electron chi connectivity index (χ2n) is 7.25. The number of nitrogens with one attached hydrogen (secondary N) is 1. The van der Waals surface area contributed by atoms with Gasteiger partial charge in [-0.3, -0.25) is 4.79 Å². The zero-order chi connectivity index (χ0) is 22.7. The Kier molecular flexibility index (Phi) is 6.47. The molecule has 3 aromatic rings. The van der Waals surface area contributed by atoms with E-state index in [0.717, 1.165) is 0 Å². The van der Waals surface area contributed by atoms with Crippen molar-refractivity contribution in [2.24, 2.45) is 0 Å². The minimum Gasteiger partial charge on any atom is -0.508 e. The fraction of sp³-hybridized carbons (Fsp3) is 0.429. The molecule has 3 rings (SSSR count). The van der Waals surface area contributed by atoms with Crippen molar-refractivity contribution in [2.75, 3.05) is 24.5 Å². The zero-order valence-electron chi connectivity index (χ0n) is 18.3. The van der Waals surface area contributed by atoms with Crippen molar-refractivity contribution in [1.29, 1.82) is 0 Å². The molecule has 31 heavy (non-hydrogen) atoms. The molecule has 10 nitrogen and oxygen atoms in total. The Balaban J connectivity index is 2.22. The Bertz CT molecular complexity index is 1070. The summed E-state index contributed by atoms with van der Waals surface area (Å²) in [5, 5.41) is 31.3. The number of aromatic nitrogens is 3. The van der Waals surface area contributed by atoms with Gasteiger partial charge in [0.05, 0.1) is 5.56 Å². The van der Waals surface area contributed by atoms with Gasteiger partial charge in [0.1, 0.15) is 17.1 Å². The van der Waals surface area contributed by atoms with Gasteiger partial charge in [-0.1, -0.05) is 24.2 Å². The Labute approximate surface area is 179 Å². The van der Waals surface area contributed by atoms with Gasteiger partial charge in [0.15, 0.2) is 11.5 Å². The minimum absolute atomic E-state index is 0.0203. The number of amides is 1. The molecule has 1 amide bonds. The van der Waals surface area contributed by atoms with Crippen LogP contribution in [-0.2, 0) is 0 Å². The van der Waals surface area contributed by atoms with Crippen molar-refractivity contribution in [1.82, 2.24) is 20.6 Å². The van der Waals surface area contributed by atoms with Gasteiger partial charge in [-0.25, -0.2) is 0 Å². The van der Waals surface area contributed by atoms with Gasteiger partial charge in [-0.05, 0) is 38.3 Å². The van der Waals surface area contributed by atoms with Gasteiger partial charge >= 0.3 is 6.01 Å². The van der Waals surface area contributed by atoms with E-state index in [1.54, 1.807) is 13.0 Å². The van der Waals surface area contributed by atoms with Crippen molar-refractivity contribution in [3.05, 3.63) is 23.4 Å². The van der Waals surface area contributed by atoms with Gasteiger partial charge in [0.2, 0.25) is 5.82 Å². The first-order valence-corrected chi connectivity index (χ1v) is 10.2. The number of phenolic OH excluding ortho intramolecular Hbond substituents is 2. The standard InChI is InChI=1S/C21H27N5O5/c1-6-22-20(29)17-16(19-23-21(31-25-19)26(7-2)8-3)18(30-24-17)13-9-12(11(4)5)14(27)10-15(13)28/h9-11,27-28H,6-8H2,1-5H3,(H,22,29). The Morgan fingerprint density at radius 1 is 1.10 bits per heavy atom. The molecule has 0 saturated carbocycles. The van der Waals surface area contributed by atoms with Crippen molar-refractivity contribution in [3.63, 3.8) is 0 Å². The van der Waals surface area contributed by atoms with Gasteiger partial charge in [0.25, 0.3) is 5.91 Å². The molecule has 0 fully saturated rings. The Hall–Kier alpha value is -3.56. The second kappa shape index (κ2) is 9.07. The molecule has 0 aliphatic heterocycles. The summed E-state index contributed by atoms with van der Waals surface area (Å²) in [6.45, 7) is 11.2. The first kappa shape index (κ1) is 22.1. The predicted octanol–water partition coefficient (Wildman–Crippen LogP) is 3.52. The maximum atomic E-state index is 12.6. The molecule has 0 bridgehead atoms. The normalized spacial score (nSPS) is 11.2. The number of hydrogen-bond acceptors (Lipinski definition) is 9. The van der Waals surface area contributed by atoms with Crippen molar-refractivity contribution in [2.45, 2.75) is 40.5 Å². The highest BCUT2D eigenvalue weighted by Crippen LogP contribution is 2.42. The van der Waals surface area contributed by atoms with Crippen LogP contribution in [-0.4, -0.2) is 51.1 Å². The molecule has 0 radical (unpaired) electrons. The number of carbonyl (C=O) groups is 1. The fourth-order valence-corrected chi connectivity index (χ4v) is 3.26. The lowest BCUT2D eigenvalue weighted by Gasteiger charge is -2.13. The molecule has 1 aromatic carbocycles. The summed E-state index contributed by atoms with van der Waals surface area (Å²) >= 11 is 0. The number of aromatic hydroxyl groups is 2. The number of phenols is 2. The van der Waals surface area contributed by atoms with E-state index in [4.69, 9.17) is 9.05 Å². The Morgan fingerprint density at radius 2 is 1.81 bits per heavy atom. The summed E-state index contributed by atoms with van der Waals surface area (Å²) in [4.78, 5) is 18.9. The van der Waals surface area contributed by atoms with Crippen LogP contribution in [0.2, 0.25) is 0 Å². The molecule has 0 saturated heterocycles. The van der Waals surface area contributed by atoms with Gasteiger partial charge in [-0.15, -0.1) is 0 Å². The highest BCUT2D eigenvalue weighted by atomic mass is 16.5. The molecular formula is C21H27N5O5. The third-order valence-electron chi connectivity index (χ3n) is 4.93. The topological polar surface area (TPSA) is 138 Å². The SMILES string of the molecule is CCNC(=O)c1noc(-c2cc(C(C)C)c(O)cc2O)c1-c1noc(N(CC)CC)n1. The summed E-state index contributed by atoms with van der Waals surface area (Å²) < 4.78 is 10.9. The van der Waals surface area contributed by atoms with E-state index >= 15 is 0 Å². The van der Waals surface area contributed by atoms with E-state index in [9.17, 15) is 15.0 Å². The first-order valence-electron chi connectivity index (χ1n) is 10.2. The average molecular weight is 429 g/mol. The summed E-state index contributed by atoms with van der Waals surface area (Å²) in [5.41, 5.74) is 1.03. The first-order chi connectivity index (χ1) is 14.8. The summed E-state index contributed by atoms with van der Waals surface area (Å²) in [7, 11) is 0. The molecule has 166 valence electrons. The number of hydrogen-bond donors (Lipinski definition) is 3. The lowest BCUT2D eigenvalue weighted by Crippen LogP contribution is -2.23. The van der Waals surface area contributed by atoms with Crippen molar-refractivity contribution >= 4 is 11.9 Å². The molecule has 2 aromatic heterocycles. The van der Waals surface area contributed by atoms with Crippen LogP contribution in [0.15, 0.2) is 21.2 Å². The highest BCUT2D eigenvalue weighted by Gasteiger charge is 2.30. The zero-order valence-corrected chi connectivity index (χ0v) is 18.3. The number of carbonyl (C=O) groups excluding carboxylic acids is 1. The second-order valence-corrected chi connectivity index (χ2v) is 7.25. The number of rotatable bonds is 8. The number of benzene rings is 1. The largest absolute Gasteiger partial charge is 0.508 e. The van der Waals surface area contributed by atoms with Crippen LogP contribution in [0.3, 0.4) is 0 Å². The van der Waals surface area contributed by atoms with Gasteiger partial charge < -0.3 is 29.5 Å². The summed E-state index contributed by atoms with van der Waals surface area (Å²) in [5.74, 6) is -0.540. The van der Waals surface area contributed by atoms with Crippen LogP contribution in [0, 0.1) is 0 Å². The molecule has 10 heteroatoms. The minimum atomic E-state index is -0.468. The van der Waals surface area contributed by atoms with E-state index in [2.05, 4.69) is 20.6 Å². The van der Waals surface area contributed by atoms with E-state index in [1.807, 2.05) is 32.6 Å². The third kappa shape index (κ3) is 4.18. The lowest BCUT2D eigenvalue weighted by atomic mass is 9.96. The van der Waals surface area contributed by atoms with Crippen LogP contribution >= 0.6 is 0 Å². The van der Waals surface area contributed by atoms with E-state index in [1.165, 1.54) is 6.07 Å². The molecule has 0 unspecified atom stereocenters. The number of anilines is 1. The molecule has 0 atom stereocenters. The Morgan fingerprint density at radius 3 is 2.42 bits per heavy atom. The monoisotopic (exact) mass is 429 g/mol. The fourth-order valence-electron chi connectivity index (χ4n) is 3.26. The molecule has 2 heterocycles. The van der Waals surface area contributed by atoms with Crippen LogP contribution in [0.25, 0.3) is 22.7 Å². The van der Waals surface area contributed by atoms with Crippen molar-refractivity contribution < 1.29 is 24.1 Å². The van der Waals surface area contributed by atoms with E-state index in [0.29, 0.717) is 31.2 Å². The van der Waals surface area contributed by atoms with Crippen molar-refractivity contribution in [3.8, 4) is 34.2 Å². The average Bonchev–Trinajstić information content (AvgIpc) is 3.36.